The summed E-state index contributed by atoms with van der Waals surface area (Å²) < 4.78 is 8.27. The molecule has 6 heteroatoms. The number of hydrogen-bond donors (Lipinski definition) is 0. The van der Waals surface area contributed by atoms with Gasteiger partial charge in [-0.15, -0.1) is 35.9 Å². The Morgan fingerprint density at radius 2 is 1.49 bits per heavy atom. The maximum Gasteiger partial charge on any atom is 3.00 e. The van der Waals surface area contributed by atoms with Gasteiger partial charge in [-0.25, -0.2) is 0 Å². The number of furan rings is 1. The van der Waals surface area contributed by atoms with Crippen molar-refractivity contribution in [2.24, 2.45) is 0 Å². The quantitative estimate of drug-likeness (QED) is 0.158. The summed E-state index contributed by atoms with van der Waals surface area (Å²) in [6.45, 7) is 15.4. The SMILES string of the molecule is CC(C)N1C=CN(c2[c-]ccc3c2oc2ccccc23)[CH-]1.CC(C)c1cccc(C(C)C)c1-n1ccnc1-c1[c-]cccc1.[Ir+3]. The first-order chi connectivity index (χ1) is 21.3. The zero-order chi connectivity index (χ0) is 30.8. The second-order valence-corrected chi connectivity index (χ2v) is 12.0. The van der Waals surface area contributed by atoms with Crippen LogP contribution in [0.15, 0.2) is 108 Å². The summed E-state index contributed by atoms with van der Waals surface area (Å²) in [6.07, 6.45) is 8.04. The van der Waals surface area contributed by atoms with Crippen LogP contribution in [-0.4, -0.2) is 20.5 Å². The Morgan fingerprint density at radius 3 is 2.16 bits per heavy atom. The van der Waals surface area contributed by atoms with Gasteiger partial charge in [-0.1, -0.05) is 75.2 Å². The van der Waals surface area contributed by atoms with Crippen molar-refractivity contribution in [3.8, 4) is 17.1 Å². The molecule has 0 aliphatic carbocycles. The molecule has 1 aliphatic heterocycles. The predicted molar refractivity (Wildman–Crippen MR) is 181 cm³/mol. The van der Waals surface area contributed by atoms with E-state index in [1.54, 1.807) is 0 Å². The van der Waals surface area contributed by atoms with Crippen molar-refractivity contribution in [2.75, 3.05) is 4.90 Å². The van der Waals surface area contributed by atoms with Gasteiger partial charge in [0.2, 0.25) is 0 Å². The summed E-state index contributed by atoms with van der Waals surface area (Å²) in [5, 5.41) is 2.27. The molecule has 7 rings (SSSR count). The number of hydrogen-bond acceptors (Lipinski definition) is 4. The van der Waals surface area contributed by atoms with Gasteiger partial charge in [-0.2, -0.15) is 24.9 Å². The Bertz CT molecular complexity index is 1870. The second-order valence-electron chi connectivity index (χ2n) is 12.0. The van der Waals surface area contributed by atoms with E-state index in [0.717, 1.165) is 39.0 Å². The van der Waals surface area contributed by atoms with Crippen molar-refractivity contribution in [2.45, 2.75) is 59.4 Å². The number of anilines is 1. The van der Waals surface area contributed by atoms with E-state index in [-0.39, 0.29) is 20.1 Å². The van der Waals surface area contributed by atoms with Crippen molar-refractivity contribution in [3.05, 3.63) is 134 Å². The number of aromatic nitrogens is 2. The van der Waals surface area contributed by atoms with Crippen LogP contribution in [0, 0.1) is 18.8 Å². The van der Waals surface area contributed by atoms with Gasteiger partial charge >= 0.3 is 20.1 Å². The van der Waals surface area contributed by atoms with Crippen molar-refractivity contribution < 1.29 is 24.5 Å². The largest absolute Gasteiger partial charge is 3.00 e. The Hall–Kier alpha value is -4.12. The Labute approximate surface area is 280 Å². The average Bonchev–Trinajstić information content (AvgIpc) is 3.80. The molecule has 0 bridgehead atoms. The van der Waals surface area contributed by atoms with Gasteiger partial charge in [0.25, 0.3) is 0 Å². The second kappa shape index (κ2) is 13.9. The summed E-state index contributed by atoms with van der Waals surface area (Å²) in [5.74, 6) is 1.86. The molecule has 0 spiro atoms. The minimum atomic E-state index is 0. The Kier molecular flexibility index (Phi) is 9.96. The van der Waals surface area contributed by atoms with Crippen molar-refractivity contribution >= 4 is 27.6 Å². The van der Waals surface area contributed by atoms with Crippen LogP contribution in [0.25, 0.3) is 39.0 Å². The van der Waals surface area contributed by atoms with Gasteiger partial charge in [-0.05, 0) is 61.3 Å². The Morgan fingerprint density at radius 1 is 0.756 bits per heavy atom. The fourth-order valence-electron chi connectivity index (χ4n) is 5.68. The topological polar surface area (TPSA) is 37.4 Å². The number of fused-ring (bicyclic) bond motifs is 3. The molecule has 3 heterocycles. The van der Waals surface area contributed by atoms with E-state index in [4.69, 9.17) is 4.42 Å². The monoisotopic (exact) mass is 772 g/mol. The third-order valence-corrected chi connectivity index (χ3v) is 8.00. The summed E-state index contributed by atoms with van der Waals surface area (Å²) in [6, 6.07) is 33.8. The van der Waals surface area contributed by atoms with Crippen LogP contribution in [-0.2, 0) is 20.1 Å². The summed E-state index contributed by atoms with van der Waals surface area (Å²) in [4.78, 5) is 8.82. The van der Waals surface area contributed by atoms with Crippen LogP contribution < -0.4 is 4.90 Å². The molecule has 0 unspecified atom stereocenters. The zero-order valence-electron chi connectivity index (χ0n) is 26.7. The van der Waals surface area contributed by atoms with E-state index >= 15 is 0 Å². The van der Waals surface area contributed by atoms with Crippen molar-refractivity contribution in [1.82, 2.24) is 14.5 Å². The first-order valence-electron chi connectivity index (χ1n) is 15.4. The van der Waals surface area contributed by atoms with E-state index in [1.165, 1.54) is 16.8 Å². The van der Waals surface area contributed by atoms with Crippen LogP contribution in [0.5, 0.6) is 0 Å². The van der Waals surface area contributed by atoms with Crippen LogP contribution in [0.1, 0.15) is 64.5 Å². The molecular weight excluding hydrogens is 733 g/mol. The summed E-state index contributed by atoms with van der Waals surface area (Å²) in [7, 11) is 0. The molecule has 6 aromatic rings. The third kappa shape index (κ3) is 6.49. The minimum absolute atomic E-state index is 0. The normalized spacial score (nSPS) is 12.8. The van der Waals surface area contributed by atoms with Gasteiger partial charge in [0.1, 0.15) is 5.58 Å². The van der Waals surface area contributed by atoms with E-state index in [0.29, 0.717) is 17.9 Å². The van der Waals surface area contributed by atoms with Gasteiger partial charge in [0.15, 0.2) is 0 Å². The van der Waals surface area contributed by atoms with Crippen LogP contribution in [0.4, 0.5) is 5.69 Å². The van der Waals surface area contributed by atoms with Crippen LogP contribution in [0.3, 0.4) is 0 Å². The molecule has 0 saturated carbocycles. The predicted octanol–water partition coefficient (Wildman–Crippen LogP) is 10.1. The smallest absolute Gasteiger partial charge is 0.514 e. The first kappa shape index (κ1) is 32.3. The molecule has 0 atom stereocenters. The molecule has 45 heavy (non-hydrogen) atoms. The summed E-state index contributed by atoms with van der Waals surface area (Å²) in [5.41, 5.74) is 7.73. The van der Waals surface area contributed by atoms with Gasteiger partial charge in [-0.3, -0.25) is 4.98 Å². The maximum atomic E-state index is 6.05. The van der Waals surface area contributed by atoms with Gasteiger partial charge in [0.05, 0.1) is 5.82 Å². The van der Waals surface area contributed by atoms with E-state index in [1.807, 2.05) is 54.9 Å². The number of nitrogens with zero attached hydrogens (tertiary/aromatic N) is 4. The maximum absolute atomic E-state index is 6.05. The van der Waals surface area contributed by atoms with Crippen molar-refractivity contribution in [3.63, 3.8) is 0 Å². The van der Waals surface area contributed by atoms with Crippen LogP contribution in [0.2, 0.25) is 0 Å². The third-order valence-electron chi connectivity index (χ3n) is 8.00. The molecule has 230 valence electrons. The van der Waals surface area contributed by atoms with E-state index in [9.17, 15) is 0 Å². The fraction of sp³-hybridized carbons (Fsp3) is 0.231. The molecule has 0 radical (unpaired) electrons. The average molecular weight is 772 g/mol. The Balaban J connectivity index is 0.000000174. The number of benzene rings is 4. The molecule has 5 nitrogen and oxygen atoms in total. The number of imidazole rings is 1. The standard InChI is InChI=1S/C21H23N2.C18H16N2O.Ir/c1-15(2)18-11-8-12-19(16(3)4)20(18)23-14-13-22-21(23)17-9-6-5-7-10-17;1-13(2)19-10-11-20(12-19)16-8-5-7-15-14-6-3-4-9-17(14)21-18(15)16;/h5-9,11-16H,1-4H3;3-7,9-13H,1-2H3;/q-1;-2;+3. The minimum Gasteiger partial charge on any atom is -0.514 e. The first-order valence-corrected chi connectivity index (χ1v) is 15.4. The molecular formula is C39H39IrN4O. The van der Waals surface area contributed by atoms with Gasteiger partial charge in [0, 0.05) is 29.1 Å². The molecule has 0 N–H and O–H groups in total. The zero-order valence-corrected chi connectivity index (χ0v) is 29.0. The molecule has 1 aliphatic rings. The molecule has 0 fully saturated rings. The molecule has 0 saturated heterocycles. The van der Waals surface area contributed by atoms with Crippen LogP contribution >= 0.6 is 0 Å². The number of para-hydroxylation sites is 2. The molecule has 2 aromatic heterocycles. The number of rotatable bonds is 6. The van der Waals surface area contributed by atoms with E-state index < -0.39 is 0 Å². The summed E-state index contributed by atoms with van der Waals surface area (Å²) >= 11 is 0. The van der Waals surface area contributed by atoms with Gasteiger partial charge < -0.3 is 18.8 Å². The van der Waals surface area contributed by atoms with Crippen molar-refractivity contribution in [1.29, 1.82) is 0 Å². The van der Waals surface area contributed by atoms with E-state index in [2.05, 4.69) is 128 Å². The molecule has 4 aromatic carbocycles. The fourth-order valence-corrected chi connectivity index (χ4v) is 5.68. The molecule has 0 amide bonds.